The third-order valence-electron chi connectivity index (χ3n) is 4.36. The van der Waals surface area contributed by atoms with Gasteiger partial charge >= 0.3 is 11.9 Å². The van der Waals surface area contributed by atoms with Gasteiger partial charge in [-0.2, -0.15) is 0 Å². The highest BCUT2D eigenvalue weighted by atomic mass is 16.4. The van der Waals surface area contributed by atoms with Crippen molar-refractivity contribution in [2.24, 2.45) is 0 Å². The Kier molecular flexibility index (Phi) is 4.99. The first-order valence-corrected chi connectivity index (χ1v) is 8.14. The lowest BCUT2D eigenvalue weighted by molar-refractivity contribution is -0.157. The lowest BCUT2D eigenvalue weighted by Crippen LogP contribution is -2.64. The number of nitrogens with zero attached hydrogens (tertiary/aromatic N) is 1. The fourth-order valence-electron chi connectivity index (χ4n) is 3.09. The van der Waals surface area contributed by atoms with Crippen molar-refractivity contribution in [2.45, 2.75) is 12.1 Å². The molecule has 2 atom stereocenters. The van der Waals surface area contributed by atoms with Gasteiger partial charge in [-0.1, -0.05) is 36.4 Å². The highest BCUT2D eigenvalue weighted by Crippen LogP contribution is 2.17. The summed E-state index contributed by atoms with van der Waals surface area (Å²) in [6.07, 6.45) is 2.88. The molecule has 7 heteroatoms. The number of nitrogens with one attached hydrogen (secondary N) is 1. The van der Waals surface area contributed by atoms with E-state index in [1.54, 1.807) is 6.08 Å². The Hall–Kier alpha value is -3.19. The van der Waals surface area contributed by atoms with Crippen molar-refractivity contribution >= 4 is 34.7 Å². The first-order chi connectivity index (χ1) is 12.5. The Labute approximate surface area is 149 Å². The predicted molar refractivity (Wildman–Crippen MR) is 95.5 cm³/mol. The van der Waals surface area contributed by atoms with Gasteiger partial charge in [0.05, 0.1) is 0 Å². The second kappa shape index (κ2) is 7.37. The van der Waals surface area contributed by atoms with Crippen LogP contribution in [-0.2, 0) is 14.4 Å². The van der Waals surface area contributed by atoms with E-state index in [-0.39, 0.29) is 13.1 Å². The zero-order valence-corrected chi connectivity index (χ0v) is 13.8. The summed E-state index contributed by atoms with van der Waals surface area (Å²) in [5.41, 5.74) is 0.800. The van der Waals surface area contributed by atoms with Crippen LogP contribution in [0.25, 0.3) is 16.8 Å². The van der Waals surface area contributed by atoms with E-state index in [0.29, 0.717) is 0 Å². The molecule has 0 unspecified atom stereocenters. The Morgan fingerprint density at radius 3 is 2.46 bits per heavy atom. The summed E-state index contributed by atoms with van der Waals surface area (Å²) < 4.78 is 0. The Morgan fingerprint density at radius 2 is 1.77 bits per heavy atom. The molecule has 0 bridgehead atoms. The standard InChI is InChI=1S/C19H18N2O5/c22-15(21-10-9-20-16(18(23)24)17(21)19(25)26)8-6-12-5-7-13-3-1-2-4-14(13)11-12/h1-8,11,16-17,20H,9-10H2,(H,23,24)(H,25,26)/b8-6+/t16-,17+/m0/s1. The van der Waals surface area contributed by atoms with Gasteiger partial charge in [-0.15, -0.1) is 0 Å². The zero-order valence-electron chi connectivity index (χ0n) is 13.8. The Balaban J connectivity index is 1.81. The SMILES string of the molecule is O=C(O)[C@H]1NCCN(C(=O)/C=C/c2ccc3ccccc3c2)[C@H]1C(=O)O. The van der Waals surface area contributed by atoms with Crippen LogP contribution in [0.3, 0.4) is 0 Å². The lowest BCUT2D eigenvalue weighted by Gasteiger charge is -2.36. The summed E-state index contributed by atoms with van der Waals surface area (Å²) in [5.74, 6) is -3.18. The van der Waals surface area contributed by atoms with Gasteiger partial charge in [0.15, 0.2) is 6.04 Å². The van der Waals surface area contributed by atoms with Gasteiger partial charge < -0.3 is 20.4 Å². The quantitative estimate of drug-likeness (QED) is 0.712. The third kappa shape index (κ3) is 3.57. The molecule has 1 fully saturated rings. The molecule has 0 saturated carbocycles. The molecule has 2 aromatic rings. The minimum absolute atomic E-state index is 0.127. The molecule has 134 valence electrons. The van der Waals surface area contributed by atoms with Crippen molar-refractivity contribution in [3.63, 3.8) is 0 Å². The van der Waals surface area contributed by atoms with E-state index in [9.17, 15) is 24.6 Å². The number of amides is 1. The maximum Gasteiger partial charge on any atom is 0.328 e. The fraction of sp³-hybridized carbons (Fsp3) is 0.211. The Bertz CT molecular complexity index is 892. The van der Waals surface area contributed by atoms with Crippen LogP contribution in [0.2, 0.25) is 0 Å². The molecule has 0 aliphatic carbocycles. The van der Waals surface area contributed by atoms with Gasteiger partial charge in [-0.05, 0) is 28.5 Å². The highest BCUT2D eigenvalue weighted by Gasteiger charge is 2.42. The number of carboxylic acid groups (broad SMARTS) is 2. The molecule has 1 heterocycles. The van der Waals surface area contributed by atoms with Crippen LogP contribution < -0.4 is 5.32 Å². The number of rotatable bonds is 4. The number of hydrogen-bond donors (Lipinski definition) is 3. The van der Waals surface area contributed by atoms with E-state index in [1.807, 2.05) is 42.5 Å². The number of carbonyl (C=O) groups is 3. The largest absolute Gasteiger partial charge is 0.480 e. The smallest absolute Gasteiger partial charge is 0.328 e. The van der Waals surface area contributed by atoms with Crippen LogP contribution >= 0.6 is 0 Å². The summed E-state index contributed by atoms with van der Waals surface area (Å²) in [7, 11) is 0. The predicted octanol–water partition coefficient (Wildman–Crippen LogP) is 1.19. The molecule has 3 rings (SSSR count). The molecule has 7 nitrogen and oxygen atoms in total. The molecular weight excluding hydrogens is 336 g/mol. The van der Waals surface area contributed by atoms with E-state index >= 15 is 0 Å². The molecule has 26 heavy (non-hydrogen) atoms. The van der Waals surface area contributed by atoms with Crippen LogP contribution in [0, 0.1) is 0 Å². The number of benzene rings is 2. The summed E-state index contributed by atoms with van der Waals surface area (Å²) in [4.78, 5) is 36.3. The molecule has 1 saturated heterocycles. The molecule has 1 amide bonds. The molecule has 1 aliphatic heterocycles. The van der Waals surface area contributed by atoms with Gasteiger partial charge in [0.25, 0.3) is 0 Å². The van der Waals surface area contributed by atoms with Gasteiger partial charge in [-0.3, -0.25) is 9.59 Å². The van der Waals surface area contributed by atoms with Crippen molar-refractivity contribution in [1.29, 1.82) is 0 Å². The summed E-state index contributed by atoms with van der Waals surface area (Å²) in [6.45, 7) is 0.345. The van der Waals surface area contributed by atoms with E-state index in [0.717, 1.165) is 21.2 Å². The maximum atomic E-state index is 12.5. The van der Waals surface area contributed by atoms with E-state index in [2.05, 4.69) is 5.32 Å². The van der Waals surface area contributed by atoms with Crippen LogP contribution in [0.4, 0.5) is 0 Å². The van der Waals surface area contributed by atoms with Crippen molar-refractivity contribution < 1.29 is 24.6 Å². The minimum Gasteiger partial charge on any atom is -0.480 e. The molecule has 0 radical (unpaired) electrons. The fourth-order valence-corrected chi connectivity index (χ4v) is 3.09. The second-order valence-electron chi connectivity index (χ2n) is 6.02. The third-order valence-corrected chi connectivity index (χ3v) is 4.36. The van der Waals surface area contributed by atoms with Crippen molar-refractivity contribution in [1.82, 2.24) is 10.2 Å². The lowest BCUT2D eigenvalue weighted by atomic mass is 10.0. The average molecular weight is 354 g/mol. The van der Waals surface area contributed by atoms with Gasteiger partial charge in [-0.25, -0.2) is 4.79 Å². The van der Waals surface area contributed by atoms with Crippen molar-refractivity contribution in [2.75, 3.05) is 13.1 Å². The normalized spacial score (nSPS) is 20.4. The minimum atomic E-state index is -1.45. The number of fused-ring (bicyclic) bond motifs is 1. The maximum absolute atomic E-state index is 12.5. The number of piperazine rings is 1. The average Bonchev–Trinajstić information content (AvgIpc) is 2.65. The number of carboxylic acids is 2. The monoisotopic (exact) mass is 354 g/mol. The zero-order chi connectivity index (χ0) is 18.7. The van der Waals surface area contributed by atoms with E-state index in [4.69, 9.17) is 0 Å². The molecule has 3 N–H and O–H groups in total. The molecule has 2 aromatic carbocycles. The van der Waals surface area contributed by atoms with Gasteiger partial charge in [0, 0.05) is 19.2 Å². The van der Waals surface area contributed by atoms with Gasteiger partial charge in [0.1, 0.15) is 6.04 Å². The summed E-state index contributed by atoms with van der Waals surface area (Å²) >= 11 is 0. The van der Waals surface area contributed by atoms with Crippen molar-refractivity contribution in [3.8, 4) is 0 Å². The first kappa shape index (κ1) is 17.6. The van der Waals surface area contributed by atoms with Crippen LogP contribution in [0.5, 0.6) is 0 Å². The number of aliphatic carboxylic acids is 2. The van der Waals surface area contributed by atoms with E-state index in [1.165, 1.54) is 6.08 Å². The summed E-state index contributed by atoms with van der Waals surface area (Å²) in [5, 5.41) is 23.3. The molecule has 0 spiro atoms. The highest BCUT2D eigenvalue weighted by molar-refractivity contribution is 5.97. The van der Waals surface area contributed by atoms with Crippen LogP contribution in [0.1, 0.15) is 5.56 Å². The topological polar surface area (TPSA) is 107 Å². The number of hydrogen-bond acceptors (Lipinski definition) is 4. The van der Waals surface area contributed by atoms with E-state index < -0.39 is 29.9 Å². The molecular formula is C19H18N2O5. The molecule has 1 aliphatic rings. The number of carbonyl (C=O) groups excluding carboxylic acids is 1. The van der Waals surface area contributed by atoms with Crippen molar-refractivity contribution in [3.05, 3.63) is 54.1 Å². The first-order valence-electron chi connectivity index (χ1n) is 8.14. The second-order valence-corrected chi connectivity index (χ2v) is 6.02. The van der Waals surface area contributed by atoms with Crippen LogP contribution in [-0.4, -0.2) is 58.1 Å². The Morgan fingerprint density at radius 1 is 1.04 bits per heavy atom. The summed E-state index contributed by atoms with van der Waals surface area (Å²) in [6, 6.07) is 10.7. The molecule has 0 aromatic heterocycles. The van der Waals surface area contributed by atoms with Gasteiger partial charge in [0.2, 0.25) is 5.91 Å². The van der Waals surface area contributed by atoms with Crippen LogP contribution in [0.15, 0.2) is 48.5 Å².